The zero-order valence-electron chi connectivity index (χ0n) is 20.4. The lowest BCUT2D eigenvalue weighted by Gasteiger charge is -2.33. The number of nitrogens with zero attached hydrogens (tertiary/aromatic N) is 2. The van der Waals surface area contributed by atoms with Crippen LogP contribution in [-0.2, 0) is 19.4 Å². The Balaban J connectivity index is 1.29. The van der Waals surface area contributed by atoms with Crippen molar-refractivity contribution >= 4 is 11.7 Å². The standard InChI is InChI=1S/C29H32FN3O3/c30-25-8-6-21(7-9-25)12-15-33(29(31)34)26-18-28-27(35-20-36-28)17-24(26)19-32-13-10-23(11-14-32)16-22-4-2-1-3-5-22/h1-9,17-18,23H,10-16,19-20H2,(H2,31,34). The molecule has 3 aromatic rings. The number of fused-ring (bicyclic) bond motifs is 1. The fourth-order valence-electron chi connectivity index (χ4n) is 5.13. The average molecular weight is 490 g/mol. The molecule has 3 aromatic carbocycles. The number of carbonyl (C=O) groups is 1. The molecule has 0 radical (unpaired) electrons. The largest absolute Gasteiger partial charge is 0.454 e. The minimum atomic E-state index is -0.529. The number of anilines is 1. The van der Waals surface area contributed by atoms with Gasteiger partial charge in [0.2, 0.25) is 6.79 Å². The molecule has 2 aliphatic rings. The first-order valence-corrected chi connectivity index (χ1v) is 12.6. The van der Waals surface area contributed by atoms with Gasteiger partial charge in [0.1, 0.15) is 5.82 Å². The summed E-state index contributed by atoms with van der Waals surface area (Å²) in [6.07, 6.45) is 3.95. The van der Waals surface area contributed by atoms with Gasteiger partial charge in [0, 0.05) is 19.2 Å². The molecule has 7 heteroatoms. The topological polar surface area (TPSA) is 68.0 Å². The molecule has 6 nitrogen and oxygen atoms in total. The Labute approximate surface area is 211 Å². The third kappa shape index (κ3) is 5.79. The molecule has 0 spiro atoms. The Morgan fingerprint density at radius 2 is 1.67 bits per heavy atom. The lowest BCUT2D eigenvalue weighted by molar-refractivity contribution is 0.172. The van der Waals surface area contributed by atoms with Gasteiger partial charge in [-0.05, 0) is 79.6 Å². The minimum Gasteiger partial charge on any atom is -0.454 e. The number of hydrogen-bond acceptors (Lipinski definition) is 4. The van der Waals surface area contributed by atoms with Crippen LogP contribution in [0.4, 0.5) is 14.9 Å². The van der Waals surface area contributed by atoms with Crippen molar-refractivity contribution in [1.82, 2.24) is 4.90 Å². The molecule has 188 valence electrons. The van der Waals surface area contributed by atoms with Gasteiger partial charge in [-0.25, -0.2) is 9.18 Å². The van der Waals surface area contributed by atoms with Crippen molar-refractivity contribution in [1.29, 1.82) is 0 Å². The summed E-state index contributed by atoms with van der Waals surface area (Å²) in [6.45, 7) is 3.24. The van der Waals surface area contributed by atoms with Gasteiger partial charge in [-0.3, -0.25) is 9.80 Å². The van der Waals surface area contributed by atoms with E-state index in [0.29, 0.717) is 36.9 Å². The second-order valence-corrected chi connectivity index (χ2v) is 9.61. The number of piperidine rings is 1. The van der Waals surface area contributed by atoms with E-state index in [1.54, 1.807) is 17.0 Å². The Hall–Kier alpha value is -3.58. The first-order valence-electron chi connectivity index (χ1n) is 12.6. The summed E-state index contributed by atoms with van der Waals surface area (Å²) in [7, 11) is 0. The first kappa shape index (κ1) is 24.1. The number of amides is 2. The molecule has 0 aliphatic carbocycles. The molecule has 0 saturated carbocycles. The maximum Gasteiger partial charge on any atom is 0.319 e. The molecule has 36 heavy (non-hydrogen) atoms. The number of nitrogens with two attached hydrogens (primary N) is 1. The van der Waals surface area contributed by atoms with E-state index >= 15 is 0 Å². The lowest BCUT2D eigenvalue weighted by Crippen LogP contribution is -2.39. The molecule has 2 aliphatic heterocycles. The average Bonchev–Trinajstić information content (AvgIpc) is 3.34. The zero-order valence-corrected chi connectivity index (χ0v) is 20.4. The molecule has 2 amide bonds. The highest BCUT2D eigenvalue weighted by atomic mass is 19.1. The molecule has 0 aromatic heterocycles. The predicted molar refractivity (Wildman–Crippen MR) is 138 cm³/mol. The Morgan fingerprint density at radius 1 is 0.972 bits per heavy atom. The van der Waals surface area contributed by atoms with Crippen LogP contribution in [0.3, 0.4) is 0 Å². The van der Waals surface area contributed by atoms with Crippen LogP contribution >= 0.6 is 0 Å². The molecule has 5 rings (SSSR count). The third-order valence-electron chi connectivity index (χ3n) is 7.14. The summed E-state index contributed by atoms with van der Waals surface area (Å²) >= 11 is 0. The quantitative estimate of drug-likeness (QED) is 0.476. The van der Waals surface area contributed by atoms with Crippen LogP contribution in [0.15, 0.2) is 66.7 Å². The highest BCUT2D eigenvalue weighted by Gasteiger charge is 2.26. The zero-order chi connectivity index (χ0) is 24.9. The Morgan fingerprint density at radius 3 is 2.36 bits per heavy atom. The van der Waals surface area contributed by atoms with Gasteiger partial charge in [-0.2, -0.15) is 0 Å². The second-order valence-electron chi connectivity index (χ2n) is 9.61. The van der Waals surface area contributed by atoms with Crippen LogP contribution in [0.25, 0.3) is 0 Å². The molecule has 2 N–H and O–H groups in total. The molecule has 0 unspecified atom stereocenters. The summed E-state index contributed by atoms with van der Waals surface area (Å²) in [5.74, 6) is 1.70. The van der Waals surface area contributed by atoms with Crippen molar-refractivity contribution < 1.29 is 18.7 Å². The summed E-state index contributed by atoms with van der Waals surface area (Å²) in [5, 5.41) is 0. The number of benzene rings is 3. The van der Waals surface area contributed by atoms with E-state index in [4.69, 9.17) is 15.2 Å². The smallest absolute Gasteiger partial charge is 0.319 e. The summed E-state index contributed by atoms with van der Waals surface area (Å²) in [6, 6.07) is 20.3. The van der Waals surface area contributed by atoms with Crippen LogP contribution in [-0.4, -0.2) is 37.4 Å². The van der Waals surface area contributed by atoms with Crippen molar-refractivity contribution in [2.45, 2.75) is 32.2 Å². The number of likely N-dealkylation sites (tertiary alicyclic amines) is 1. The first-order chi connectivity index (χ1) is 17.5. The van der Waals surface area contributed by atoms with Crippen molar-refractivity contribution in [3.8, 4) is 11.5 Å². The van der Waals surface area contributed by atoms with E-state index in [2.05, 4.69) is 35.2 Å². The maximum atomic E-state index is 13.3. The highest BCUT2D eigenvalue weighted by molar-refractivity contribution is 5.92. The molecule has 0 bridgehead atoms. The minimum absolute atomic E-state index is 0.162. The maximum absolute atomic E-state index is 13.3. The highest BCUT2D eigenvalue weighted by Crippen LogP contribution is 2.39. The summed E-state index contributed by atoms with van der Waals surface area (Å²) < 4.78 is 24.5. The number of rotatable bonds is 8. The molecular weight excluding hydrogens is 457 g/mol. The summed E-state index contributed by atoms with van der Waals surface area (Å²) in [4.78, 5) is 16.6. The lowest BCUT2D eigenvalue weighted by atomic mass is 9.90. The second kappa shape index (κ2) is 11.0. The third-order valence-corrected chi connectivity index (χ3v) is 7.14. The predicted octanol–water partition coefficient (Wildman–Crippen LogP) is 5.14. The molecule has 2 heterocycles. The molecule has 1 saturated heterocycles. The number of ether oxygens (including phenoxy) is 2. The van der Waals surface area contributed by atoms with E-state index in [-0.39, 0.29) is 12.6 Å². The molecular formula is C29H32FN3O3. The van der Waals surface area contributed by atoms with Crippen molar-refractivity contribution in [2.75, 3.05) is 31.3 Å². The number of urea groups is 1. The van der Waals surface area contributed by atoms with Crippen LogP contribution in [0.2, 0.25) is 0 Å². The van der Waals surface area contributed by atoms with E-state index in [1.165, 1.54) is 17.7 Å². The molecule has 0 atom stereocenters. The Bertz CT molecular complexity index is 1180. The van der Waals surface area contributed by atoms with E-state index < -0.39 is 6.03 Å². The van der Waals surface area contributed by atoms with Gasteiger partial charge in [0.25, 0.3) is 0 Å². The van der Waals surface area contributed by atoms with Crippen molar-refractivity contribution in [3.63, 3.8) is 0 Å². The van der Waals surface area contributed by atoms with Crippen LogP contribution in [0.1, 0.15) is 29.5 Å². The number of carbonyl (C=O) groups excluding carboxylic acids is 1. The Kier molecular flexibility index (Phi) is 7.37. The van der Waals surface area contributed by atoms with Gasteiger partial charge >= 0.3 is 6.03 Å². The van der Waals surface area contributed by atoms with Crippen molar-refractivity contribution in [3.05, 3.63) is 89.2 Å². The van der Waals surface area contributed by atoms with Crippen LogP contribution in [0.5, 0.6) is 11.5 Å². The van der Waals surface area contributed by atoms with E-state index in [1.807, 2.05) is 12.1 Å². The fourth-order valence-corrected chi connectivity index (χ4v) is 5.13. The van der Waals surface area contributed by atoms with E-state index in [9.17, 15) is 9.18 Å². The fraction of sp³-hybridized carbons (Fsp3) is 0.345. The SMILES string of the molecule is NC(=O)N(CCc1ccc(F)cc1)c1cc2c(cc1CN1CCC(Cc3ccccc3)CC1)OCO2. The monoisotopic (exact) mass is 489 g/mol. The molecule has 1 fully saturated rings. The number of hydrogen-bond donors (Lipinski definition) is 1. The van der Waals surface area contributed by atoms with Crippen LogP contribution < -0.4 is 20.1 Å². The van der Waals surface area contributed by atoms with Crippen molar-refractivity contribution in [2.24, 2.45) is 11.7 Å². The van der Waals surface area contributed by atoms with Gasteiger partial charge in [0.15, 0.2) is 11.5 Å². The normalized spacial score (nSPS) is 15.7. The van der Waals surface area contributed by atoms with Gasteiger partial charge in [0.05, 0.1) is 5.69 Å². The van der Waals surface area contributed by atoms with Gasteiger partial charge < -0.3 is 15.2 Å². The van der Waals surface area contributed by atoms with Crippen LogP contribution in [0, 0.1) is 11.7 Å². The van der Waals surface area contributed by atoms with E-state index in [0.717, 1.165) is 49.2 Å². The van der Waals surface area contributed by atoms with Gasteiger partial charge in [-0.1, -0.05) is 42.5 Å². The van der Waals surface area contributed by atoms with Gasteiger partial charge in [-0.15, -0.1) is 0 Å². The number of primary amides is 1. The number of halogens is 1. The summed E-state index contributed by atoms with van der Waals surface area (Å²) in [5.41, 5.74) is 9.89.